The Kier molecular flexibility index (Phi) is 7.14. The third kappa shape index (κ3) is 5.84. The van der Waals surface area contributed by atoms with E-state index >= 15 is 0 Å². The van der Waals surface area contributed by atoms with Crippen molar-refractivity contribution < 1.29 is 38.9 Å². The van der Waals surface area contributed by atoms with Crippen LogP contribution in [0.2, 0.25) is 0 Å². The molecule has 0 bridgehead atoms. The molecule has 0 radical (unpaired) electrons. The molecule has 28 heavy (non-hydrogen) atoms. The Hall–Kier alpha value is -3.35. The highest BCUT2D eigenvalue weighted by molar-refractivity contribution is 5.92. The largest absolute Gasteiger partial charge is 0.537 e. The number of esters is 1. The lowest BCUT2D eigenvalue weighted by atomic mass is 9.82. The third-order valence-electron chi connectivity index (χ3n) is 4.37. The van der Waals surface area contributed by atoms with Crippen LogP contribution < -0.4 is 10.2 Å². The number of terminal acetylenes is 1. The molecule has 10 heteroatoms. The van der Waals surface area contributed by atoms with Gasteiger partial charge >= 0.3 is 12.1 Å². The average molecular weight is 394 g/mol. The van der Waals surface area contributed by atoms with E-state index in [2.05, 4.69) is 10.2 Å². The number of aromatic hydroxyl groups is 2. The van der Waals surface area contributed by atoms with Crippen LogP contribution in [0.5, 0.6) is 11.8 Å². The molecule has 1 aromatic rings. The van der Waals surface area contributed by atoms with Gasteiger partial charge in [0.05, 0.1) is 5.92 Å². The molecular formula is C18H22N2O8. The molecule has 1 aromatic heterocycles. The molecule has 1 unspecified atom stereocenters. The van der Waals surface area contributed by atoms with Crippen LogP contribution in [0.1, 0.15) is 32.6 Å². The first-order chi connectivity index (χ1) is 13.3. The van der Waals surface area contributed by atoms with Crippen LogP contribution in [-0.2, 0) is 19.1 Å². The Morgan fingerprint density at radius 3 is 2.39 bits per heavy atom. The van der Waals surface area contributed by atoms with Crippen LogP contribution in [0, 0.1) is 24.2 Å². The van der Waals surface area contributed by atoms with Gasteiger partial charge in [-0.15, -0.1) is 11.2 Å². The first kappa shape index (κ1) is 21.0. The van der Waals surface area contributed by atoms with Gasteiger partial charge in [0.1, 0.15) is 0 Å². The monoisotopic (exact) mass is 394 g/mol. The molecule has 1 atom stereocenters. The van der Waals surface area contributed by atoms with Crippen molar-refractivity contribution in [1.82, 2.24) is 10.0 Å². The van der Waals surface area contributed by atoms with Gasteiger partial charge in [-0.2, -0.15) is 0 Å². The Labute approximate surface area is 161 Å². The number of amides is 1. The van der Waals surface area contributed by atoms with E-state index in [-0.39, 0.29) is 11.8 Å². The minimum absolute atomic E-state index is 0.243. The van der Waals surface area contributed by atoms with Gasteiger partial charge in [0, 0.05) is 25.6 Å². The smallest absolute Gasteiger partial charge is 0.492 e. The maximum absolute atomic E-state index is 12.2. The first-order valence-electron chi connectivity index (χ1n) is 8.73. The van der Waals surface area contributed by atoms with Crippen molar-refractivity contribution in [2.75, 3.05) is 6.54 Å². The molecule has 0 spiro atoms. The molecule has 1 heterocycles. The molecule has 0 aromatic carbocycles. The van der Waals surface area contributed by atoms with Gasteiger partial charge in [0.25, 0.3) is 5.91 Å². The van der Waals surface area contributed by atoms with E-state index < -0.39 is 36.1 Å². The van der Waals surface area contributed by atoms with Gasteiger partial charge in [0.2, 0.25) is 18.1 Å². The second-order valence-electron chi connectivity index (χ2n) is 6.38. The van der Waals surface area contributed by atoms with Crippen molar-refractivity contribution in [3.05, 3.63) is 12.1 Å². The lowest BCUT2D eigenvalue weighted by Crippen LogP contribution is -2.33. The minimum atomic E-state index is -1.27. The SMILES string of the molecule is C#CC(=O)NCC1CCC(C(=O)OC(C)OC(=O)On2c(O)ccc2O)CC1. The highest BCUT2D eigenvalue weighted by Crippen LogP contribution is 2.29. The Bertz CT molecular complexity index is 739. The zero-order valence-corrected chi connectivity index (χ0v) is 15.3. The quantitative estimate of drug-likeness (QED) is 0.368. The van der Waals surface area contributed by atoms with Crippen molar-refractivity contribution in [1.29, 1.82) is 0 Å². The molecule has 1 fully saturated rings. The molecule has 0 saturated heterocycles. The topological polar surface area (TPSA) is 136 Å². The maximum Gasteiger partial charge on any atom is 0.537 e. The van der Waals surface area contributed by atoms with Gasteiger partial charge in [-0.05, 0) is 37.5 Å². The molecule has 2 rings (SSSR count). The van der Waals surface area contributed by atoms with E-state index in [1.807, 2.05) is 5.92 Å². The predicted octanol–water partition coefficient (Wildman–Crippen LogP) is 0.909. The summed E-state index contributed by atoms with van der Waals surface area (Å²) in [5, 5.41) is 21.4. The normalized spacial score (nSPS) is 19.7. The van der Waals surface area contributed by atoms with Gasteiger partial charge in [0.15, 0.2) is 0 Å². The molecular weight excluding hydrogens is 372 g/mol. The Balaban J connectivity index is 1.72. The summed E-state index contributed by atoms with van der Waals surface area (Å²) >= 11 is 0. The number of rotatable bonds is 6. The molecule has 152 valence electrons. The van der Waals surface area contributed by atoms with Crippen molar-refractivity contribution in [2.45, 2.75) is 38.9 Å². The zero-order valence-electron chi connectivity index (χ0n) is 15.3. The summed E-state index contributed by atoms with van der Waals surface area (Å²) in [6, 6.07) is 2.22. The van der Waals surface area contributed by atoms with Crippen LogP contribution in [0.25, 0.3) is 0 Å². The van der Waals surface area contributed by atoms with Crippen LogP contribution in [-0.4, -0.2) is 45.8 Å². The second kappa shape index (κ2) is 9.55. The fourth-order valence-corrected chi connectivity index (χ4v) is 2.90. The van der Waals surface area contributed by atoms with Gasteiger partial charge < -0.3 is 25.0 Å². The molecule has 1 amide bonds. The molecule has 10 nitrogen and oxygen atoms in total. The van der Waals surface area contributed by atoms with Crippen molar-refractivity contribution in [2.24, 2.45) is 11.8 Å². The van der Waals surface area contributed by atoms with E-state index in [1.165, 1.54) is 6.92 Å². The lowest BCUT2D eigenvalue weighted by molar-refractivity contribution is -0.174. The van der Waals surface area contributed by atoms with E-state index in [9.17, 15) is 24.6 Å². The number of hydrogen-bond acceptors (Lipinski definition) is 8. The third-order valence-corrected chi connectivity index (χ3v) is 4.37. The molecule has 1 aliphatic rings. The van der Waals surface area contributed by atoms with Crippen LogP contribution >= 0.6 is 0 Å². The first-order valence-corrected chi connectivity index (χ1v) is 8.73. The highest BCUT2D eigenvalue weighted by Gasteiger charge is 2.29. The van der Waals surface area contributed by atoms with E-state index in [0.29, 0.717) is 24.1 Å². The summed E-state index contributed by atoms with van der Waals surface area (Å²) in [7, 11) is 0. The number of carbonyl (C=O) groups excluding carboxylic acids is 3. The fourth-order valence-electron chi connectivity index (χ4n) is 2.90. The van der Waals surface area contributed by atoms with E-state index in [4.69, 9.17) is 15.9 Å². The lowest BCUT2D eigenvalue weighted by Gasteiger charge is -2.27. The minimum Gasteiger partial charge on any atom is -0.492 e. The summed E-state index contributed by atoms with van der Waals surface area (Å²) in [6.45, 7) is 1.81. The molecule has 1 saturated carbocycles. The summed E-state index contributed by atoms with van der Waals surface area (Å²) in [6.07, 6.45) is 5.13. The van der Waals surface area contributed by atoms with Gasteiger partial charge in [-0.25, -0.2) is 4.79 Å². The number of ether oxygens (including phenoxy) is 2. The van der Waals surface area contributed by atoms with Gasteiger partial charge in [-0.3, -0.25) is 14.4 Å². The number of aromatic nitrogens is 1. The van der Waals surface area contributed by atoms with E-state index in [0.717, 1.165) is 25.0 Å². The average Bonchev–Trinajstić information content (AvgIpc) is 2.98. The number of hydrogen-bond donors (Lipinski definition) is 3. The van der Waals surface area contributed by atoms with Crippen LogP contribution in [0.3, 0.4) is 0 Å². The van der Waals surface area contributed by atoms with Crippen LogP contribution in [0.15, 0.2) is 12.1 Å². The highest BCUT2D eigenvalue weighted by atomic mass is 16.9. The summed E-state index contributed by atoms with van der Waals surface area (Å²) < 4.78 is 10.3. The fraction of sp³-hybridized carbons (Fsp3) is 0.500. The van der Waals surface area contributed by atoms with Gasteiger partial charge in [-0.1, -0.05) is 0 Å². The molecule has 3 N–H and O–H groups in total. The predicted molar refractivity (Wildman–Crippen MR) is 93.7 cm³/mol. The zero-order chi connectivity index (χ0) is 20.7. The standard InChI is InChI=1S/C18H22N2O8/c1-3-14(21)19-10-12-4-6-13(7-5-12)17(24)26-11(2)27-18(25)28-20-15(22)8-9-16(20)23/h1,8-9,11-13,22-23H,4-7,10H2,2H3,(H,19,21). The van der Waals surface area contributed by atoms with Crippen molar-refractivity contribution >= 4 is 18.0 Å². The summed E-state index contributed by atoms with van der Waals surface area (Å²) in [5.41, 5.74) is 0. The molecule has 0 aliphatic heterocycles. The van der Waals surface area contributed by atoms with Crippen LogP contribution in [0.4, 0.5) is 4.79 Å². The Morgan fingerprint density at radius 1 is 1.21 bits per heavy atom. The summed E-state index contributed by atoms with van der Waals surface area (Å²) in [5.74, 6) is -0.0780. The maximum atomic E-state index is 12.2. The summed E-state index contributed by atoms with van der Waals surface area (Å²) in [4.78, 5) is 39.5. The Morgan fingerprint density at radius 2 is 1.82 bits per heavy atom. The van der Waals surface area contributed by atoms with Crippen molar-refractivity contribution in [3.63, 3.8) is 0 Å². The number of carbonyl (C=O) groups is 3. The molecule has 1 aliphatic carbocycles. The van der Waals surface area contributed by atoms with Crippen molar-refractivity contribution in [3.8, 4) is 24.1 Å². The number of nitrogens with one attached hydrogen (secondary N) is 1. The second-order valence-corrected chi connectivity index (χ2v) is 6.38. The van der Waals surface area contributed by atoms with E-state index in [1.54, 1.807) is 0 Å². The number of nitrogens with zero attached hydrogens (tertiary/aromatic N) is 1.